The predicted octanol–water partition coefficient (Wildman–Crippen LogP) is 19.9. The van der Waals surface area contributed by atoms with Crippen LogP contribution in [0.25, 0.3) is 66.8 Å². The lowest BCUT2D eigenvalue weighted by atomic mass is 9.81. The predicted molar refractivity (Wildman–Crippen MR) is 313 cm³/mol. The minimum Gasteiger partial charge on any atom is -0.308 e. The van der Waals surface area contributed by atoms with Crippen LogP contribution in [0.15, 0.2) is 267 Å². The highest BCUT2D eigenvalue weighted by molar-refractivity contribution is 5.95. The molecule has 2 heteroatoms. The summed E-state index contributed by atoms with van der Waals surface area (Å²) in [6.07, 6.45) is 0. The van der Waals surface area contributed by atoms with Crippen LogP contribution in [0.4, 0.5) is 34.1 Å². The van der Waals surface area contributed by atoms with Gasteiger partial charge in [-0.15, -0.1) is 0 Å². The van der Waals surface area contributed by atoms with Crippen LogP contribution >= 0.6 is 0 Å². The van der Waals surface area contributed by atoms with E-state index in [-0.39, 0.29) is 10.8 Å². The van der Waals surface area contributed by atoms with Crippen molar-refractivity contribution in [2.75, 3.05) is 9.80 Å². The van der Waals surface area contributed by atoms with Crippen molar-refractivity contribution in [3.8, 4) is 66.8 Å². The first kappa shape index (κ1) is 44.9. The van der Waals surface area contributed by atoms with E-state index in [0.717, 1.165) is 34.1 Å². The highest BCUT2D eigenvalue weighted by Gasteiger charge is 2.38. The second-order valence-corrected chi connectivity index (χ2v) is 20.9. The molecule has 354 valence electrons. The molecule has 0 atom stereocenters. The summed E-state index contributed by atoms with van der Waals surface area (Å²) in [5, 5.41) is 0. The third-order valence-electron chi connectivity index (χ3n) is 15.9. The van der Waals surface area contributed by atoms with Gasteiger partial charge in [0.25, 0.3) is 0 Å². The number of anilines is 6. The molecule has 74 heavy (non-hydrogen) atoms. The van der Waals surface area contributed by atoms with Gasteiger partial charge in [0.1, 0.15) is 0 Å². The molecule has 0 saturated carbocycles. The van der Waals surface area contributed by atoms with E-state index in [1.807, 2.05) is 0 Å². The molecular formula is C72H56N2. The second-order valence-electron chi connectivity index (χ2n) is 20.9. The minimum absolute atomic E-state index is 0.239. The normalized spacial score (nSPS) is 13.4. The van der Waals surface area contributed by atoms with E-state index < -0.39 is 0 Å². The lowest BCUT2D eigenvalue weighted by Crippen LogP contribution is -2.19. The Hall–Kier alpha value is -8.98. The molecule has 0 unspecified atom stereocenters. The molecule has 13 rings (SSSR count). The first-order valence-electron chi connectivity index (χ1n) is 25.9. The van der Waals surface area contributed by atoms with Gasteiger partial charge in [-0.2, -0.15) is 0 Å². The average molecular weight is 949 g/mol. The summed E-state index contributed by atoms with van der Waals surface area (Å²) >= 11 is 0. The van der Waals surface area contributed by atoms with Gasteiger partial charge in [-0.05, 0) is 162 Å². The molecule has 0 aromatic heterocycles. The van der Waals surface area contributed by atoms with E-state index in [1.54, 1.807) is 0 Å². The Morgan fingerprint density at radius 2 is 0.459 bits per heavy atom. The van der Waals surface area contributed by atoms with Gasteiger partial charge >= 0.3 is 0 Å². The van der Waals surface area contributed by atoms with Crippen LogP contribution in [-0.2, 0) is 10.8 Å². The maximum Gasteiger partial charge on any atom is 0.0702 e. The first-order chi connectivity index (χ1) is 36.2. The molecule has 11 aromatic rings. The van der Waals surface area contributed by atoms with Gasteiger partial charge in [0.05, 0.1) is 11.4 Å². The quantitative estimate of drug-likeness (QED) is 0.135. The Kier molecular flexibility index (Phi) is 10.9. The summed E-state index contributed by atoms with van der Waals surface area (Å²) in [7, 11) is 0. The zero-order chi connectivity index (χ0) is 50.0. The van der Waals surface area contributed by atoms with Crippen LogP contribution in [0.2, 0.25) is 0 Å². The highest BCUT2D eigenvalue weighted by Crippen LogP contribution is 2.55. The molecule has 0 fully saturated rings. The first-order valence-corrected chi connectivity index (χ1v) is 25.9. The molecular weight excluding hydrogens is 893 g/mol. The van der Waals surface area contributed by atoms with Crippen molar-refractivity contribution in [2.45, 2.75) is 38.5 Å². The largest absolute Gasteiger partial charge is 0.308 e. The molecule has 11 aromatic carbocycles. The maximum atomic E-state index is 2.47. The molecule has 0 heterocycles. The zero-order valence-electron chi connectivity index (χ0n) is 42.3. The third-order valence-corrected chi connectivity index (χ3v) is 15.9. The second kappa shape index (κ2) is 17.9. The number of benzene rings is 11. The Bertz CT molecular complexity index is 3600. The van der Waals surface area contributed by atoms with Gasteiger partial charge in [-0.1, -0.05) is 222 Å². The Morgan fingerprint density at radius 1 is 0.216 bits per heavy atom. The fourth-order valence-electron chi connectivity index (χ4n) is 11.9. The molecule has 2 aliphatic rings. The van der Waals surface area contributed by atoms with Crippen molar-refractivity contribution >= 4 is 34.1 Å². The Morgan fingerprint density at radius 3 is 0.797 bits per heavy atom. The lowest BCUT2D eigenvalue weighted by molar-refractivity contribution is 0.660. The molecule has 0 N–H and O–H groups in total. The molecule has 0 radical (unpaired) electrons. The van der Waals surface area contributed by atoms with E-state index in [4.69, 9.17) is 0 Å². The monoisotopic (exact) mass is 948 g/mol. The Labute approximate surface area is 436 Å². The van der Waals surface area contributed by atoms with Crippen LogP contribution in [0, 0.1) is 0 Å². The SMILES string of the molecule is CC1(C)c2cc(-c3ccccc3)ccc2-c2ccc(N(c3ccc(-c4ccccc4)cc3)c3ccccc3N(c3ccc(-c4ccccc4)cc3)c3ccc4c(c3)C(C)(C)c3cc(-c5ccccc5)ccc3-4)cc21. The highest BCUT2D eigenvalue weighted by atomic mass is 15.2. The number of rotatable bonds is 10. The van der Waals surface area contributed by atoms with Crippen LogP contribution in [0.5, 0.6) is 0 Å². The van der Waals surface area contributed by atoms with Crippen LogP contribution in [0.3, 0.4) is 0 Å². The van der Waals surface area contributed by atoms with Gasteiger partial charge in [0.15, 0.2) is 0 Å². The summed E-state index contributed by atoms with van der Waals surface area (Å²) in [5.74, 6) is 0. The van der Waals surface area contributed by atoms with Crippen molar-refractivity contribution in [1.29, 1.82) is 0 Å². The molecule has 0 bridgehead atoms. The smallest absolute Gasteiger partial charge is 0.0702 e. The summed E-state index contributed by atoms with van der Waals surface area (Å²) < 4.78 is 0. The fraction of sp³-hybridized carbons (Fsp3) is 0.0833. The van der Waals surface area contributed by atoms with Crippen LogP contribution in [-0.4, -0.2) is 0 Å². The summed E-state index contributed by atoms with van der Waals surface area (Å²) in [5.41, 5.74) is 26.3. The third kappa shape index (κ3) is 7.65. The number of hydrogen-bond acceptors (Lipinski definition) is 2. The molecule has 0 aliphatic heterocycles. The van der Waals surface area contributed by atoms with E-state index in [2.05, 4.69) is 304 Å². The van der Waals surface area contributed by atoms with Gasteiger partial charge in [0.2, 0.25) is 0 Å². The summed E-state index contributed by atoms with van der Waals surface area (Å²) in [6, 6.07) is 98.4. The molecule has 0 amide bonds. The average Bonchev–Trinajstić information content (AvgIpc) is 3.82. The van der Waals surface area contributed by atoms with Crippen molar-refractivity contribution in [2.24, 2.45) is 0 Å². The van der Waals surface area contributed by atoms with Gasteiger partial charge in [-0.25, -0.2) is 0 Å². The number of hydrogen-bond donors (Lipinski definition) is 0. The van der Waals surface area contributed by atoms with E-state index >= 15 is 0 Å². The molecule has 2 nitrogen and oxygen atoms in total. The van der Waals surface area contributed by atoms with Crippen molar-refractivity contribution in [3.05, 3.63) is 289 Å². The number of nitrogens with zero attached hydrogens (tertiary/aromatic N) is 2. The van der Waals surface area contributed by atoms with Crippen molar-refractivity contribution in [1.82, 2.24) is 0 Å². The molecule has 2 aliphatic carbocycles. The fourth-order valence-corrected chi connectivity index (χ4v) is 11.9. The van der Waals surface area contributed by atoms with Crippen molar-refractivity contribution < 1.29 is 0 Å². The van der Waals surface area contributed by atoms with Crippen molar-refractivity contribution in [3.63, 3.8) is 0 Å². The van der Waals surface area contributed by atoms with Gasteiger partial charge < -0.3 is 9.80 Å². The van der Waals surface area contributed by atoms with E-state index in [0.29, 0.717) is 0 Å². The zero-order valence-corrected chi connectivity index (χ0v) is 42.3. The molecule has 0 spiro atoms. The van der Waals surface area contributed by atoms with Crippen LogP contribution in [0.1, 0.15) is 49.9 Å². The Balaban J connectivity index is 0.979. The number of fused-ring (bicyclic) bond motifs is 6. The van der Waals surface area contributed by atoms with E-state index in [9.17, 15) is 0 Å². The summed E-state index contributed by atoms with van der Waals surface area (Å²) in [6.45, 7) is 9.56. The molecule has 0 saturated heterocycles. The minimum atomic E-state index is -0.239. The number of para-hydroxylation sites is 2. The van der Waals surface area contributed by atoms with Gasteiger partial charge in [-0.3, -0.25) is 0 Å². The lowest BCUT2D eigenvalue weighted by Gasteiger charge is -2.34. The van der Waals surface area contributed by atoms with E-state index in [1.165, 1.54) is 89.0 Å². The van der Waals surface area contributed by atoms with Gasteiger partial charge in [0, 0.05) is 33.6 Å². The van der Waals surface area contributed by atoms with Crippen LogP contribution < -0.4 is 9.80 Å². The summed E-state index contributed by atoms with van der Waals surface area (Å²) in [4.78, 5) is 4.95. The standard InChI is InChI=1S/C72H56N2/c1-71(2)65-45-55(51-23-13-7-14-24-51)33-41-61(65)63-43-39-59(47-67(63)71)73(57-35-29-53(30-36-57)49-19-9-5-10-20-49)69-27-17-18-28-70(69)74(58-37-31-54(32-38-58)50-21-11-6-12-22-50)60-40-44-64-62-42-34-56(52-25-15-8-16-26-52)46-66(62)72(3,4)68(64)48-60/h5-48H,1-4H3. The maximum absolute atomic E-state index is 2.47. The topological polar surface area (TPSA) is 6.48 Å².